The van der Waals surface area contributed by atoms with E-state index in [2.05, 4.69) is 17.0 Å². The summed E-state index contributed by atoms with van der Waals surface area (Å²) in [6, 6.07) is 4.36. The van der Waals surface area contributed by atoms with Crippen LogP contribution in [-0.2, 0) is 4.79 Å². The second-order valence-corrected chi connectivity index (χ2v) is 4.81. The number of hydrogen-bond donors (Lipinski definition) is 1. The number of amides is 1. The lowest BCUT2D eigenvalue weighted by molar-refractivity contribution is -0.274. The van der Waals surface area contributed by atoms with Crippen molar-refractivity contribution in [2.45, 2.75) is 44.9 Å². The molecule has 1 aliphatic heterocycles. The van der Waals surface area contributed by atoms with Crippen molar-refractivity contribution < 1.29 is 22.7 Å². The van der Waals surface area contributed by atoms with E-state index in [0.29, 0.717) is 12.0 Å². The van der Waals surface area contributed by atoms with E-state index in [9.17, 15) is 18.0 Å². The van der Waals surface area contributed by atoms with Crippen LogP contribution in [0.4, 0.5) is 18.9 Å². The Balaban J connectivity index is 2.21. The van der Waals surface area contributed by atoms with Crippen LogP contribution in [0.5, 0.6) is 5.75 Å². The summed E-state index contributed by atoms with van der Waals surface area (Å²) in [6.07, 6.45) is -1.23. The number of anilines is 1. The predicted octanol–water partition coefficient (Wildman–Crippen LogP) is 4.20. The molecule has 1 N–H and O–H groups in total. The van der Waals surface area contributed by atoms with Crippen LogP contribution in [0.15, 0.2) is 18.2 Å². The minimum absolute atomic E-state index is 0.149. The average Bonchev–Trinajstić information content (AvgIpc) is 2.66. The Morgan fingerprint density at radius 2 is 2.05 bits per heavy atom. The maximum absolute atomic E-state index is 12.3. The fourth-order valence-corrected chi connectivity index (χ4v) is 2.42. The number of rotatable bonds is 5. The first-order valence-electron chi connectivity index (χ1n) is 6.62. The highest BCUT2D eigenvalue weighted by Crippen LogP contribution is 2.42. The van der Waals surface area contributed by atoms with E-state index in [0.717, 1.165) is 19.3 Å². The Morgan fingerprint density at radius 3 is 2.70 bits per heavy atom. The topological polar surface area (TPSA) is 38.3 Å². The Bertz CT molecular complexity index is 500. The zero-order valence-electron chi connectivity index (χ0n) is 11.1. The summed E-state index contributed by atoms with van der Waals surface area (Å²) in [7, 11) is 0. The van der Waals surface area contributed by atoms with Crippen molar-refractivity contribution in [2.24, 2.45) is 0 Å². The molecule has 110 valence electrons. The summed E-state index contributed by atoms with van der Waals surface area (Å²) in [5, 5.41) is 2.50. The summed E-state index contributed by atoms with van der Waals surface area (Å²) in [4.78, 5) is 11.9. The van der Waals surface area contributed by atoms with Gasteiger partial charge in [0.25, 0.3) is 0 Å². The number of ether oxygens (including phenoxy) is 1. The van der Waals surface area contributed by atoms with E-state index in [1.807, 2.05) is 0 Å². The predicted molar refractivity (Wildman–Crippen MR) is 68.6 cm³/mol. The van der Waals surface area contributed by atoms with E-state index in [4.69, 9.17) is 0 Å². The summed E-state index contributed by atoms with van der Waals surface area (Å²) >= 11 is 0. The van der Waals surface area contributed by atoms with E-state index < -0.39 is 6.36 Å². The van der Waals surface area contributed by atoms with Gasteiger partial charge in [0.2, 0.25) is 5.91 Å². The second kappa shape index (κ2) is 5.73. The van der Waals surface area contributed by atoms with Gasteiger partial charge in [-0.25, -0.2) is 0 Å². The molecule has 1 atom stereocenters. The van der Waals surface area contributed by atoms with Gasteiger partial charge >= 0.3 is 6.36 Å². The lowest BCUT2D eigenvalue weighted by Crippen LogP contribution is -2.18. The first-order chi connectivity index (χ1) is 9.42. The standard InChI is InChI=1S/C14H16F3NO2/c1-2-3-4-6-10-9-7-5-8-11(20-14(15,16)17)12(9)18-13(10)19/h5,7-8,10H,2-4,6H2,1H3,(H,18,19). The highest BCUT2D eigenvalue weighted by Gasteiger charge is 2.37. The van der Waals surface area contributed by atoms with Gasteiger partial charge in [-0.3, -0.25) is 4.79 Å². The first kappa shape index (κ1) is 14.7. The molecule has 0 aliphatic carbocycles. The Labute approximate surface area is 115 Å². The molecular weight excluding hydrogens is 271 g/mol. The van der Waals surface area contributed by atoms with Crippen LogP contribution in [0.1, 0.15) is 44.1 Å². The summed E-state index contributed by atoms with van der Waals surface area (Å²) < 4.78 is 40.9. The lowest BCUT2D eigenvalue weighted by Gasteiger charge is -2.12. The summed E-state index contributed by atoms with van der Waals surface area (Å²) in [6.45, 7) is 2.05. The second-order valence-electron chi connectivity index (χ2n) is 4.81. The maximum atomic E-state index is 12.3. The normalized spacial score (nSPS) is 17.8. The Kier molecular flexibility index (Phi) is 4.20. The van der Waals surface area contributed by atoms with Crippen molar-refractivity contribution >= 4 is 11.6 Å². The van der Waals surface area contributed by atoms with Crippen LogP contribution < -0.4 is 10.1 Å². The molecule has 1 aliphatic rings. The fraction of sp³-hybridized carbons (Fsp3) is 0.500. The van der Waals surface area contributed by atoms with E-state index in [1.54, 1.807) is 6.07 Å². The van der Waals surface area contributed by atoms with E-state index in [1.165, 1.54) is 12.1 Å². The number of carbonyl (C=O) groups excluding carboxylic acids is 1. The number of carbonyl (C=O) groups is 1. The number of hydrogen-bond acceptors (Lipinski definition) is 2. The number of para-hydroxylation sites is 1. The van der Waals surface area contributed by atoms with Gasteiger partial charge < -0.3 is 10.1 Å². The van der Waals surface area contributed by atoms with Gasteiger partial charge in [0.15, 0.2) is 5.75 Å². The molecule has 1 aromatic carbocycles. The highest BCUT2D eigenvalue weighted by molar-refractivity contribution is 6.04. The van der Waals surface area contributed by atoms with Crippen molar-refractivity contribution in [3.05, 3.63) is 23.8 Å². The van der Waals surface area contributed by atoms with Gasteiger partial charge in [0, 0.05) is 0 Å². The molecule has 0 aromatic heterocycles. The van der Waals surface area contributed by atoms with Crippen LogP contribution in [0, 0.1) is 0 Å². The van der Waals surface area contributed by atoms with Gasteiger partial charge in [0.05, 0.1) is 11.6 Å². The molecule has 0 radical (unpaired) electrons. The summed E-state index contributed by atoms with van der Waals surface area (Å²) in [5.41, 5.74) is 0.740. The van der Waals surface area contributed by atoms with Crippen LogP contribution in [0.2, 0.25) is 0 Å². The van der Waals surface area contributed by atoms with Crippen molar-refractivity contribution in [1.29, 1.82) is 0 Å². The molecule has 0 spiro atoms. The quantitative estimate of drug-likeness (QED) is 0.824. The molecule has 20 heavy (non-hydrogen) atoms. The molecule has 1 amide bonds. The number of unbranched alkanes of at least 4 members (excludes halogenated alkanes) is 2. The lowest BCUT2D eigenvalue weighted by atomic mass is 9.94. The molecule has 1 unspecified atom stereocenters. The van der Waals surface area contributed by atoms with E-state index in [-0.39, 0.29) is 23.3 Å². The summed E-state index contributed by atoms with van der Waals surface area (Å²) in [5.74, 6) is -0.982. The third kappa shape index (κ3) is 3.23. The average molecular weight is 287 g/mol. The molecule has 3 nitrogen and oxygen atoms in total. The number of benzene rings is 1. The molecule has 6 heteroatoms. The van der Waals surface area contributed by atoms with Crippen molar-refractivity contribution in [3.8, 4) is 5.75 Å². The van der Waals surface area contributed by atoms with Crippen molar-refractivity contribution in [3.63, 3.8) is 0 Å². The van der Waals surface area contributed by atoms with Crippen LogP contribution in [-0.4, -0.2) is 12.3 Å². The van der Waals surface area contributed by atoms with Gasteiger partial charge in [0.1, 0.15) is 0 Å². The first-order valence-corrected chi connectivity index (χ1v) is 6.62. The minimum atomic E-state index is -4.76. The minimum Gasteiger partial charge on any atom is -0.404 e. The fourth-order valence-electron chi connectivity index (χ4n) is 2.42. The zero-order chi connectivity index (χ0) is 14.8. The molecule has 0 saturated carbocycles. The zero-order valence-corrected chi connectivity index (χ0v) is 11.1. The molecule has 1 aromatic rings. The molecule has 0 fully saturated rings. The van der Waals surface area contributed by atoms with Crippen molar-refractivity contribution in [1.82, 2.24) is 0 Å². The third-order valence-corrected chi connectivity index (χ3v) is 3.32. The van der Waals surface area contributed by atoms with Gasteiger partial charge in [-0.15, -0.1) is 13.2 Å². The number of fused-ring (bicyclic) bond motifs is 1. The largest absolute Gasteiger partial charge is 0.573 e. The molecular formula is C14H16F3NO2. The monoisotopic (exact) mass is 287 g/mol. The van der Waals surface area contributed by atoms with Crippen LogP contribution >= 0.6 is 0 Å². The molecule has 2 rings (SSSR count). The molecule has 0 saturated heterocycles. The number of alkyl halides is 3. The van der Waals surface area contributed by atoms with Gasteiger partial charge in [-0.2, -0.15) is 0 Å². The van der Waals surface area contributed by atoms with E-state index >= 15 is 0 Å². The highest BCUT2D eigenvalue weighted by atomic mass is 19.4. The van der Waals surface area contributed by atoms with Crippen LogP contribution in [0.3, 0.4) is 0 Å². The molecule has 1 heterocycles. The number of nitrogens with one attached hydrogen (secondary N) is 1. The van der Waals surface area contributed by atoms with Gasteiger partial charge in [-0.1, -0.05) is 38.3 Å². The van der Waals surface area contributed by atoms with Crippen molar-refractivity contribution in [2.75, 3.05) is 5.32 Å². The third-order valence-electron chi connectivity index (χ3n) is 3.32. The smallest absolute Gasteiger partial charge is 0.404 e. The number of halogens is 3. The van der Waals surface area contributed by atoms with Gasteiger partial charge in [-0.05, 0) is 18.1 Å². The Morgan fingerprint density at radius 1 is 1.30 bits per heavy atom. The molecule has 0 bridgehead atoms. The maximum Gasteiger partial charge on any atom is 0.573 e. The Hall–Kier alpha value is -1.72. The van der Waals surface area contributed by atoms with Crippen LogP contribution in [0.25, 0.3) is 0 Å². The SMILES string of the molecule is CCCCCC1C(=O)Nc2c(OC(F)(F)F)cccc21.